The molecule has 156 valence electrons. The Balaban J connectivity index is 2.00. The summed E-state index contributed by atoms with van der Waals surface area (Å²) in [5, 5.41) is 50.1. The molecule has 0 aromatic rings. The van der Waals surface area contributed by atoms with Gasteiger partial charge >= 0.3 is 0 Å². The number of allylic oxidation sites excluding steroid dienone is 1. The van der Waals surface area contributed by atoms with E-state index in [1.807, 2.05) is 13.8 Å². The molecule has 0 amide bonds. The van der Waals surface area contributed by atoms with E-state index < -0.39 is 54.4 Å². The van der Waals surface area contributed by atoms with Crippen molar-refractivity contribution in [2.24, 2.45) is 5.41 Å². The van der Waals surface area contributed by atoms with Gasteiger partial charge in [0, 0.05) is 11.8 Å². The summed E-state index contributed by atoms with van der Waals surface area (Å²) in [5.41, 5.74) is -1.16. The number of aliphatic hydroxyl groups is 5. The molecule has 27 heavy (non-hydrogen) atoms. The van der Waals surface area contributed by atoms with E-state index in [1.54, 1.807) is 13.8 Å². The van der Waals surface area contributed by atoms with Crippen LogP contribution in [0.1, 0.15) is 47.0 Å². The average molecular weight is 388 g/mol. The topological polar surface area (TPSA) is 137 Å². The Hall–Kier alpha value is -0.870. The maximum atomic E-state index is 11.8. The second kappa shape index (κ2) is 8.24. The number of ether oxygens (including phenoxy) is 2. The summed E-state index contributed by atoms with van der Waals surface area (Å²) >= 11 is 0. The van der Waals surface area contributed by atoms with E-state index in [0.29, 0.717) is 18.4 Å². The molecule has 2 rings (SSSR count). The molecule has 0 radical (unpaired) electrons. The third kappa shape index (κ3) is 4.42. The van der Waals surface area contributed by atoms with Crippen molar-refractivity contribution in [3.63, 3.8) is 0 Å². The number of carbonyl (C=O) groups excluding carboxylic acids is 1. The van der Waals surface area contributed by atoms with Gasteiger partial charge in [0.25, 0.3) is 0 Å². The quantitative estimate of drug-likeness (QED) is 0.416. The van der Waals surface area contributed by atoms with Crippen LogP contribution in [0.2, 0.25) is 0 Å². The van der Waals surface area contributed by atoms with Crippen LogP contribution in [0.4, 0.5) is 0 Å². The predicted octanol–water partition coefficient (Wildman–Crippen LogP) is -0.352. The number of hydrogen-bond acceptors (Lipinski definition) is 8. The van der Waals surface area contributed by atoms with Crippen LogP contribution in [-0.2, 0) is 14.3 Å². The number of carbonyl (C=O) groups is 1. The largest absolute Gasteiger partial charge is 0.394 e. The fourth-order valence-corrected chi connectivity index (χ4v) is 3.95. The van der Waals surface area contributed by atoms with Gasteiger partial charge in [0.1, 0.15) is 24.4 Å². The molecule has 5 N–H and O–H groups in total. The molecular formula is C19H32O8. The summed E-state index contributed by atoms with van der Waals surface area (Å²) in [7, 11) is 0. The minimum atomic E-state index is -1.49. The Labute approximate surface area is 159 Å². The first-order valence-corrected chi connectivity index (χ1v) is 9.33. The lowest BCUT2D eigenvalue weighted by molar-refractivity contribution is -0.310. The van der Waals surface area contributed by atoms with Crippen LogP contribution in [0.15, 0.2) is 11.6 Å². The van der Waals surface area contributed by atoms with E-state index >= 15 is 0 Å². The lowest BCUT2D eigenvalue weighted by Gasteiger charge is -2.46. The van der Waals surface area contributed by atoms with Crippen molar-refractivity contribution in [3.8, 4) is 0 Å². The molecule has 1 heterocycles. The fourth-order valence-electron chi connectivity index (χ4n) is 3.95. The van der Waals surface area contributed by atoms with Gasteiger partial charge in [-0.05, 0) is 38.3 Å². The fraction of sp³-hybridized carbons (Fsp3) is 0.842. The SMILES string of the molecule is CC1=CC(=O)CC(C)(C)[C@@]1(O)CC[C@H](C)O[C@@H]1O[C@H](CO)[C@@H](O)[C@H](O)[C@H]1O. The molecule has 0 aromatic carbocycles. The minimum absolute atomic E-state index is 0.00667. The maximum absolute atomic E-state index is 11.8. The molecular weight excluding hydrogens is 356 g/mol. The molecule has 1 aliphatic heterocycles. The van der Waals surface area contributed by atoms with Crippen molar-refractivity contribution in [3.05, 3.63) is 11.6 Å². The zero-order chi connectivity index (χ0) is 20.6. The van der Waals surface area contributed by atoms with Gasteiger partial charge in [0.15, 0.2) is 12.1 Å². The van der Waals surface area contributed by atoms with Crippen molar-refractivity contribution >= 4 is 5.78 Å². The van der Waals surface area contributed by atoms with E-state index in [9.17, 15) is 30.3 Å². The highest BCUT2D eigenvalue weighted by Crippen LogP contribution is 2.46. The van der Waals surface area contributed by atoms with Crippen LogP contribution >= 0.6 is 0 Å². The molecule has 0 aromatic heterocycles. The van der Waals surface area contributed by atoms with Crippen LogP contribution < -0.4 is 0 Å². The molecule has 0 saturated carbocycles. The highest BCUT2D eigenvalue weighted by Gasteiger charge is 2.49. The maximum Gasteiger partial charge on any atom is 0.186 e. The van der Waals surface area contributed by atoms with Crippen LogP contribution in [0.3, 0.4) is 0 Å². The number of rotatable bonds is 6. The molecule has 0 spiro atoms. The molecule has 7 atom stereocenters. The first-order valence-electron chi connectivity index (χ1n) is 9.33. The van der Waals surface area contributed by atoms with Crippen LogP contribution in [0, 0.1) is 5.41 Å². The second-order valence-corrected chi connectivity index (χ2v) is 8.40. The van der Waals surface area contributed by atoms with Gasteiger partial charge in [0.05, 0.1) is 18.3 Å². The van der Waals surface area contributed by atoms with Crippen LogP contribution in [0.5, 0.6) is 0 Å². The Morgan fingerprint density at radius 3 is 2.44 bits per heavy atom. The summed E-state index contributed by atoms with van der Waals surface area (Å²) < 4.78 is 11.0. The zero-order valence-corrected chi connectivity index (χ0v) is 16.3. The molecule has 1 aliphatic carbocycles. The lowest BCUT2D eigenvalue weighted by Crippen LogP contribution is -2.59. The smallest absolute Gasteiger partial charge is 0.186 e. The van der Waals surface area contributed by atoms with Crippen molar-refractivity contribution < 1.29 is 39.8 Å². The lowest BCUT2D eigenvalue weighted by atomic mass is 9.63. The summed E-state index contributed by atoms with van der Waals surface area (Å²) in [4.78, 5) is 11.8. The van der Waals surface area contributed by atoms with Gasteiger partial charge in [-0.3, -0.25) is 4.79 Å². The van der Waals surface area contributed by atoms with Crippen LogP contribution in [-0.4, -0.2) is 80.3 Å². The van der Waals surface area contributed by atoms with Gasteiger partial charge < -0.3 is 35.0 Å². The third-order valence-corrected chi connectivity index (χ3v) is 5.89. The van der Waals surface area contributed by atoms with E-state index in [2.05, 4.69) is 0 Å². The van der Waals surface area contributed by atoms with E-state index in [1.165, 1.54) is 6.08 Å². The van der Waals surface area contributed by atoms with Gasteiger partial charge in [-0.1, -0.05) is 13.8 Å². The molecule has 0 bridgehead atoms. The molecule has 0 unspecified atom stereocenters. The molecule has 1 fully saturated rings. The van der Waals surface area contributed by atoms with E-state index in [4.69, 9.17) is 9.47 Å². The monoisotopic (exact) mass is 388 g/mol. The Morgan fingerprint density at radius 1 is 1.26 bits per heavy atom. The summed E-state index contributed by atoms with van der Waals surface area (Å²) in [5.74, 6) is -0.00667. The van der Waals surface area contributed by atoms with E-state index in [-0.39, 0.29) is 12.2 Å². The molecule has 1 saturated heterocycles. The number of hydrogen-bond donors (Lipinski definition) is 5. The standard InChI is InChI=1S/C19H32O8/c1-10-7-12(21)8-18(3,4)19(10,25)6-5-11(2)26-17-16(24)15(23)14(22)13(9-20)27-17/h7,11,13-17,20,22-25H,5-6,8-9H2,1-4H3/t11-,13+,14+,15-,16+,17+,19+/m0/s1. The van der Waals surface area contributed by atoms with Crippen molar-refractivity contribution in [2.75, 3.05) is 6.61 Å². The summed E-state index contributed by atoms with van der Waals surface area (Å²) in [6, 6.07) is 0. The first kappa shape index (κ1) is 22.4. The molecule has 8 nitrogen and oxygen atoms in total. The highest BCUT2D eigenvalue weighted by molar-refractivity contribution is 5.92. The first-order chi connectivity index (χ1) is 12.4. The predicted molar refractivity (Wildman–Crippen MR) is 95.7 cm³/mol. The van der Waals surface area contributed by atoms with Gasteiger partial charge in [0.2, 0.25) is 0 Å². The van der Waals surface area contributed by atoms with Crippen molar-refractivity contribution in [1.82, 2.24) is 0 Å². The van der Waals surface area contributed by atoms with Gasteiger partial charge in [-0.2, -0.15) is 0 Å². The Bertz CT molecular complexity index is 572. The van der Waals surface area contributed by atoms with Crippen molar-refractivity contribution in [1.29, 1.82) is 0 Å². The van der Waals surface area contributed by atoms with Crippen LogP contribution in [0.25, 0.3) is 0 Å². The second-order valence-electron chi connectivity index (χ2n) is 8.40. The number of ketones is 1. The average Bonchev–Trinajstić information content (AvgIpc) is 2.58. The van der Waals surface area contributed by atoms with Gasteiger partial charge in [-0.15, -0.1) is 0 Å². The Morgan fingerprint density at radius 2 is 1.89 bits per heavy atom. The molecule has 2 aliphatic rings. The van der Waals surface area contributed by atoms with Gasteiger partial charge in [-0.25, -0.2) is 0 Å². The summed E-state index contributed by atoms with van der Waals surface area (Å²) in [6.45, 7) is 6.66. The molecule has 8 heteroatoms. The Kier molecular flexibility index (Phi) is 6.85. The zero-order valence-electron chi connectivity index (χ0n) is 16.3. The normalized spacial score (nSPS) is 40.6. The number of aliphatic hydroxyl groups excluding tert-OH is 4. The van der Waals surface area contributed by atoms with Crippen molar-refractivity contribution in [2.45, 2.75) is 89.4 Å². The summed E-state index contributed by atoms with van der Waals surface area (Å²) in [6.07, 6.45) is -4.59. The van der Waals surface area contributed by atoms with E-state index in [0.717, 1.165) is 0 Å². The minimum Gasteiger partial charge on any atom is -0.394 e. The third-order valence-electron chi connectivity index (χ3n) is 5.89. The highest BCUT2D eigenvalue weighted by atomic mass is 16.7.